The molecule has 0 bridgehead atoms. The molecule has 0 aromatic carbocycles. The maximum atomic E-state index is 4.71. The van der Waals surface area contributed by atoms with E-state index in [0.717, 1.165) is 32.7 Å². The van der Waals surface area contributed by atoms with E-state index in [4.69, 9.17) is 4.98 Å². The zero-order valence-electron chi connectivity index (χ0n) is 11.9. The molecule has 102 valence electrons. The highest BCUT2D eigenvalue weighted by Gasteiger charge is 2.21. The predicted octanol–water partition coefficient (Wildman–Crippen LogP) is 1.70. The first kappa shape index (κ1) is 13.8. The monoisotopic (exact) mass is 268 g/mol. The first-order chi connectivity index (χ1) is 8.61. The Balaban J connectivity index is 1.99. The molecule has 1 N–H and O–H groups in total. The molecule has 0 amide bonds. The van der Waals surface area contributed by atoms with Crippen LogP contribution in [0.4, 0.5) is 5.13 Å². The van der Waals surface area contributed by atoms with Gasteiger partial charge in [-0.15, -0.1) is 11.3 Å². The van der Waals surface area contributed by atoms with Gasteiger partial charge < -0.3 is 10.2 Å². The van der Waals surface area contributed by atoms with Crippen molar-refractivity contribution in [3.8, 4) is 0 Å². The van der Waals surface area contributed by atoms with Gasteiger partial charge in [-0.2, -0.15) is 0 Å². The van der Waals surface area contributed by atoms with Crippen LogP contribution in [0.3, 0.4) is 0 Å². The van der Waals surface area contributed by atoms with Crippen molar-refractivity contribution in [3.05, 3.63) is 10.6 Å². The lowest BCUT2D eigenvalue weighted by molar-refractivity contribution is 0.209. The second kappa shape index (κ2) is 5.99. The second-order valence-corrected chi connectivity index (χ2v) is 6.21. The van der Waals surface area contributed by atoms with E-state index in [2.05, 4.69) is 35.9 Å². The highest BCUT2D eigenvalue weighted by molar-refractivity contribution is 7.15. The van der Waals surface area contributed by atoms with Gasteiger partial charge in [0.05, 0.1) is 5.69 Å². The summed E-state index contributed by atoms with van der Waals surface area (Å²) in [5.74, 6) is 0. The molecule has 1 aromatic heterocycles. The van der Waals surface area contributed by atoms with E-state index >= 15 is 0 Å². The van der Waals surface area contributed by atoms with E-state index < -0.39 is 0 Å². The lowest BCUT2D eigenvalue weighted by Gasteiger charge is -2.36. The Morgan fingerprint density at radius 3 is 2.50 bits per heavy atom. The average Bonchev–Trinajstić information content (AvgIpc) is 2.72. The van der Waals surface area contributed by atoms with Crippen molar-refractivity contribution in [1.82, 2.24) is 15.2 Å². The maximum absolute atomic E-state index is 4.71. The third kappa shape index (κ3) is 3.02. The van der Waals surface area contributed by atoms with Crippen LogP contribution in [0, 0.1) is 6.92 Å². The van der Waals surface area contributed by atoms with Crippen LogP contribution in [0.15, 0.2) is 0 Å². The van der Waals surface area contributed by atoms with Crippen molar-refractivity contribution in [3.63, 3.8) is 0 Å². The third-order valence-corrected chi connectivity index (χ3v) is 4.75. The van der Waals surface area contributed by atoms with Crippen molar-refractivity contribution in [2.24, 2.45) is 0 Å². The van der Waals surface area contributed by atoms with Crippen molar-refractivity contribution < 1.29 is 0 Å². The highest BCUT2D eigenvalue weighted by Crippen LogP contribution is 2.26. The molecule has 1 fully saturated rings. The molecule has 1 aromatic rings. The lowest BCUT2D eigenvalue weighted by atomic mass is 10.2. The molecule has 0 atom stereocenters. The number of thiazole rings is 1. The molecule has 4 nitrogen and oxygen atoms in total. The smallest absolute Gasteiger partial charge is 0.185 e. The van der Waals surface area contributed by atoms with E-state index in [-0.39, 0.29) is 0 Å². The molecular weight excluding hydrogens is 244 g/mol. The van der Waals surface area contributed by atoms with E-state index in [1.807, 2.05) is 18.4 Å². The fraction of sp³-hybridized carbons (Fsp3) is 0.769. The summed E-state index contributed by atoms with van der Waals surface area (Å²) < 4.78 is 0. The fourth-order valence-corrected chi connectivity index (χ4v) is 3.43. The lowest BCUT2D eigenvalue weighted by Crippen LogP contribution is -2.48. The number of rotatable bonds is 4. The molecular formula is C13H24N4S. The van der Waals surface area contributed by atoms with Crippen LogP contribution in [0.1, 0.15) is 24.4 Å². The van der Waals surface area contributed by atoms with E-state index in [1.54, 1.807) is 0 Å². The largest absolute Gasteiger partial charge is 0.346 e. The summed E-state index contributed by atoms with van der Waals surface area (Å²) in [6.07, 6.45) is 0. The summed E-state index contributed by atoms with van der Waals surface area (Å²) in [4.78, 5) is 11.0. The van der Waals surface area contributed by atoms with Gasteiger partial charge >= 0.3 is 0 Å². The summed E-state index contributed by atoms with van der Waals surface area (Å²) in [6, 6.07) is 0.657. The van der Waals surface area contributed by atoms with Crippen molar-refractivity contribution in [1.29, 1.82) is 0 Å². The van der Waals surface area contributed by atoms with Crippen LogP contribution < -0.4 is 10.2 Å². The Kier molecular flexibility index (Phi) is 4.59. The van der Waals surface area contributed by atoms with Crippen molar-refractivity contribution in [2.75, 3.05) is 38.1 Å². The van der Waals surface area contributed by atoms with Gasteiger partial charge in [-0.3, -0.25) is 4.90 Å². The summed E-state index contributed by atoms with van der Waals surface area (Å²) in [5, 5.41) is 4.40. The molecule has 0 spiro atoms. The van der Waals surface area contributed by atoms with Crippen molar-refractivity contribution >= 4 is 16.5 Å². The second-order valence-electron chi connectivity index (χ2n) is 5.15. The van der Waals surface area contributed by atoms with Crippen LogP contribution in [0.2, 0.25) is 0 Å². The molecule has 2 rings (SSSR count). The number of anilines is 1. The Morgan fingerprint density at radius 1 is 1.28 bits per heavy atom. The van der Waals surface area contributed by atoms with E-state index in [9.17, 15) is 0 Å². The number of aromatic nitrogens is 1. The molecule has 0 aliphatic carbocycles. The molecule has 2 heterocycles. The van der Waals surface area contributed by atoms with Crippen LogP contribution in [0.5, 0.6) is 0 Å². The minimum Gasteiger partial charge on any atom is -0.346 e. The third-order valence-electron chi connectivity index (χ3n) is 3.53. The first-order valence-corrected chi connectivity index (χ1v) is 7.53. The Bertz CT molecular complexity index is 380. The summed E-state index contributed by atoms with van der Waals surface area (Å²) >= 11 is 1.83. The average molecular weight is 268 g/mol. The highest BCUT2D eigenvalue weighted by atomic mass is 32.1. The Morgan fingerprint density at radius 2 is 1.94 bits per heavy atom. The van der Waals surface area contributed by atoms with Crippen LogP contribution in [-0.4, -0.2) is 49.2 Å². The SMILES string of the molecule is CNCc1sc(N2CCN(C(C)C)CC2)nc1C. The zero-order valence-corrected chi connectivity index (χ0v) is 12.7. The normalized spacial score (nSPS) is 17.7. The zero-order chi connectivity index (χ0) is 13.1. The van der Waals surface area contributed by atoms with E-state index in [1.165, 1.54) is 15.7 Å². The van der Waals surface area contributed by atoms with Gasteiger partial charge in [-0.05, 0) is 27.8 Å². The molecule has 0 saturated carbocycles. The van der Waals surface area contributed by atoms with Gasteiger partial charge in [-0.25, -0.2) is 4.98 Å². The van der Waals surface area contributed by atoms with Crippen LogP contribution in [0.25, 0.3) is 0 Å². The summed E-state index contributed by atoms with van der Waals surface area (Å²) in [5.41, 5.74) is 1.18. The van der Waals surface area contributed by atoms with Gasteiger partial charge in [0, 0.05) is 43.6 Å². The number of aryl methyl sites for hydroxylation is 1. The number of piperazine rings is 1. The molecule has 1 aliphatic rings. The molecule has 18 heavy (non-hydrogen) atoms. The van der Waals surface area contributed by atoms with Gasteiger partial charge in [0.1, 0.15) is 0 Å². The molecule has 0 radical (unpaired) electrons. The number of nitrogens with zero attached hydrogens (tertiary/aromatic N) is 3. The van der Waals surface area contributed by atoms with Crippen LogP contribution in [-0.2, 0) is 6.54 Å². The fourth-order valence-electron chi connectivity index (χ4n) is 2.30. The number of hydrogen-bond donors (Lipinski definition) is 1. The topological polar surface area (TPSA) is 31.4 Å². The van der Waals surface area contributed by atoms with Crippen molar-refractivity contribution in [2.45, 2.75) is 33.4 Å². The minimum absolute atomic E-state index is 0.657. The molecule has 1 saturated heterocycles. The maximum Gasteiger partial charge on any atom is 0.185 e. The Hall–Kier alpha value is -0.650. The minimum atomic E-state index is 0.657. The van der Waals surface area contributed by atoms with Gasteiger partial charge in [0.25, 0.3) is 0 Å². The summed E-state index contributed by atoms with van der Waals surface area (Å²) in [6.45, 7) is 12.1. The molecule has 5 heteroatoms. The standard InChI is InChI=1S/C13H24N4S/c1-10(2)16-5-7-17(8-6-16)13-15-11(3)12(18-13)9-14-4/h10,14H,5-9H2,1-4H3. The quantitative estimate of drug-likeness (QED) is 0.901. The van der Waals surface area contributed by atoms with Gasteiger partial charge in [0.2, 0.25) is 0 Å². The molecule has 1 aliphatic heterocycles. The summed E-state index contributed by atoms with van der Waals surface area (Å²) in [7, 11) is 1.99. The van der Waals surface area contributed by atoms with Gasteiger partial charge in [-0.1, -0.05) is 0 Å². The Labute approximate surface area is 114 Å². The first-order valence-electron chi connectivity index (χ1n) is 6.71. The number of nitrogens with one attached hydrogen (secondary N) is 1. The molecule has 0 unspecified atom stereocenters. The predicted molar refractivity (Wildman–Crippen MR) is 78.5 cm³/mol. The van der Waals surface area contributed by atoms with Gasteiger partial charge in [0.15, 0.2) is 5.13 Å². The van der Waals surface area contributed by atoms with E-state index in [0.29, 0.717) is 6.04 Å². The number of hydrogen-bond acceptors (Lipinski definition) is 5. The van der Waals surface area contributed by atoms with Crippen LogP contribution >= 0.6 is 11.3 Å².